The summed E-state index contributed by atoms with van der Waals surface area (Å²) < 4.78 is 10.3. The molecule has 1 aliphatic rings. The molecule has 6 heteroatoms. The van der Waals surface area contributed by atoms with Gasteiger partial charge in [-0.3, -0.25) is 0 Å². The number of hydrogen-bond acceptors (Lipinski definition) is 6. The molecule has 1 saturated heterocycles. The molecule has 1 unspecified atom stereocenters. The zero-order valence-electron chi connectivity index (χ0n) is 10.9. The summed E-state index contributed by atoms with van der Waals surface area (Å²) in [6, 6.07) is 0. The van der Waals surface area contributed by atoms with Gasteiger partial charge < -0.3 is 14.4 Å². The van der Waals surface area contributed by atoms with Gasteiger partial charge in [0.15, 0.2) is 5.13 Å². The largest absolute Gasteiger partial charge is 0.465 e. The van der Waals surface area contributed by atoms with Crippen LogP contribution in [0.5, 0.6) is 0 Å². The van der Waals surface area contributed by atoms with E-state index in [2.05, 4.69) is 4.98 Å². The summed E-state index contributed by atoms with van der Waals surface area (Å²) >= 11 is 1.37. The number of anilines is 1. The molecule has 1 fully saturated rings. The van der Waals surface area contributed by atoms with Gasteiger partial charge in [-0.1, -0.05) is 11.3 Å². The van der Waals surface area contributed by atoms with Gasteiger partial charge in [0.05, 0.1) is 18.9 Å². The summed E-state index contributed by atoms with van der Waals surface area (Å²) in [5.41, 5.74) is 0.723. The Morgan fingerprint density at radius 2 is 2.44 bits per heavy atom. The van der Waals surface area contributed by atoms with E-state index in [1.807, 2.05) is 18.9 Å². The zero-order valence-corrected chi connectivity index (χ0v) is 11.7. The number of hydrogen-bond donors (Lipinski definition) is 0. The van der Waals surface area contributed by atoms with Crippen molar-refractivity contribution in [3.63, 3.8) is 0 Å². The van der Waals surface area contributed by atoms with Crippen LogP contribution < -0.4 is 4.90 Å². The lowest BCUT2D eigenvalue weighted by Crippen LogP contribution is -2.28. The molecule has 0 amide bonds. The maximum atomic E-state index is 11.5. The standard InChI is InChI=1S/C12H18N2O3S/c1-8-10(11(15)16-3)18-12(13-8)14(2)7-9-5-4-6-17-9/h9H,4-7H2,1-3H3. The third-order valence-corrected chi connectivity index (χ3v) is 4.24. The molecule has 0 radical (unpaired) electrons. The molecular formula is C12H18N2O3S. The van der Waals surface area contributed by atoms with Crippen LogP contribution in [-0.2, 0) is 9.47 Å². The van der Waals surface area contributed by atoms with E-state index < -0.39 is 0 Å². The Kier molecular flexibility index (Phi) is 4.19. The maximum Gasteiger partial charge on any atom is 0.350 e. The van der Waals surface area contributed by atoms with Gasteiger partial charge in [0, 0.05) is 20.2 Å². The minimum absolute atomic E-state index is 0.279. The highest BCUT2D eigenvalue weighted by Gasteiger charge is 2.21. The van der Waals surface area contributed by atoms with Crippen molar-refractivity contribution in [2.24, 2.45) is 0 Å². The second-order valence-corrected chi connectivity index (χ2v) is 5.40. The van der Waals surface area contributed by atoms with Gasteiger partial charge in [-0.25, -0.2) is 9.78 Å². The molecule has 100 valence electrons. The number of aryl methyl sites for hydroxylation is 1. The summed E-state index contributed by atoms with van der Waals surface area (Å²) in [5.74, 6) is -0.318. The smallest absolute Gasteiger partial charge is 0.350 e. The Balaban J connectivity index is 2.05. The number of rotatable bonds is 4. The molecule has 1 aromatic rings. The van der Waals surface area contributed by atoms with Gasteiger partial charge in [0.25, 0.3) is 0 Å². The minimum Gasteiger partial charge on any atom is -0.465 e. The van der Waals surface area contributed by atoms with E-state index >= 15 is 0 Å². The first-order valence-corrected chi connectivity index (χ1v) is 6.82. The number of ether oxygens (including phenoxy) is 2. The van der Waals surface area contributed by atoms with Gasteiger partial charge in [0.2, 0.25) is 0 Å². The Morgan fingerprint density at radius 3 is 3.06 bits per heavy atom. The molecule has 1 aliphatic heterocycles. The number of nitrogens with zero attached hydrogens (tertiary/aromatic N) is 2. The van der Waals surface area contributed by atoms with Crippen LogP contribution in [0, 0.1) is 6.92 Å². The van der Waals surface area contributed by atoms with E-state index in [0.717, 1.165) is 36.8 Å². The SMILES string of the molecule is COC(=O)c1sc(N(C)CC2CCCO2)nc1C. The first kappa shape index (κ1) is 13.3. The third-order valence-electron chi connectivity index (χ3n) is 2.98. The first-order valence-electron chi connectivity index (χ1n) is 6.00. The van der Waals surface area contributed by atoms with Crippen molar-refractivity contribution in [2.45, 2.75) is 25.9 Å². The van der Waals surface area contributed by atoms with E-state index in [9.17, 15) is 4.79 Å². The molecule has 0 bridgehead atoms. The topological polar surface area (TPSA) is 51.7 Å². The van der Waals surface area contributed by atoms with E-state index in [-0.39, 0.29) is 12.1 Å². The fraction of sp³-hybridized carbons (Fsp3) is 0.667. The lowest BCUT2D eigenvalue weighted by Gasteiger charge is -2.19. The fourth-order valence-corrected chi connectivity index (χ4v) is 2.95. The number of carbonyl (C=O) groups excluding carboxylic acids is 1. The average molecular weight is 270 g/mol. The highest BCUT2D eigenvalue weighted by Crippen LogP contribution is 2.27. The summed E-state index contributed by atoms with van der Waals surface area (Å²) in [7, 11) is 3.36. The van der Waals surface area contributed by atoms with Crippen molar-refractivity contribution in [3.05, 3.63) is 10.6 Å². The van der Waals surface area contributed by atoms with Crippen molar-refractivity contribution in [2.75, 3.05) is 32.2 Å². The van der Waals surface area contributed by atoms with Crippen molar-refractivity contribution >= 4 is 22.4 Å². The second kappa shape index (κ2) is 5.67. The van der Waals surface area contributed by atoms with Gasteiger partial charge in [-0.05, 0) is 19.8 Å². The van der Waals surface area contributed by atoms with Crippen LogP contribution in [0.4, 0.5) is 5.13 Å². The molecular weight excluding hydrogens is 252 g/mol. The Labute approximate surface area is 111 Å². The van der Waals surface area contributed by atoms with Crippen LogP contribution in [0.1, 0.15) is 28.2 Å². The number of esters is 1. The highest BCUT2D eigenvalue weighted by atomic mass is 32.1. The number of likely N-dealkylation sites (N-methyl/N-ethyl adjacent to an activating group) is 1. The maximum absolute atomic E-state index is 11.5. The van der Waals surface area contributed by atoms with Gasteiger partial charge in [-0.15, -0.1) is 0 Å². The van der Waals surface area contributed by atoms with Crippen LogP contribution in [0.25, 0.3) is 0 Å². The molecule has 0 N–H and O–H groups in total. The monoisotopic (exact) mass is 270 g/mol. The molecule has 0 saturated carbocycles. The third kappa shape index (κ3) is 2.81. The van der Waals surface area contributed by atoms with Crippen molar-refractivity contribution in [1.29, 1.82) is 0 Å². The summed E-state index contributed by atoms with van der Waals surface area (Å²) in [6.07, 6.45) is 2.50. The lowest BCUT2D eigenvalue weighted by molar-refractivity contribution is 0.0605. The Hall–Kier alpha value is -1.14. The summed E-state index contributed by atoms with van der Waals surface area (Å²) in [6.45, 7) is 3.49. The molecule has 1 aromatic heterocycles. The first-order chi connectivity index (χ1) is 8.61. The van der Waals surface area contributed by atoms with Crippen LogP contribution in [0.15, 0.2) is 0 Å². The number of methoxy groups -OCH3 is 1. The molecule has 2 heterocycles. The van der Waals surface area contributed by atoms with Gasteiger partial charge in [0.1, 0.15) is 4.88 Å². The molecule has 5 nitrogen and oxygen atoms in total. The quantitative estimate of drug-likeness (QED) is 0.782. The Bertz CT molecular complexity index is 427. The van der Waals surface area contributed by atoms with Crippen LogP contribution in [-0.4, -0.2) is 44.4 Å². The molecule has 0 aliphatic carbocycles. The number of aromatic nitrogens is 1. The summed E-state index contributed by atoms with van der Waals surface area (Å²) in [4.78, 5) is 18.5. The van der Waals surface area contributed by atoms with E-state index in [4.69, 9.17) is 9.47 Å². The predicted molar refractivity (Wildman–Crippen MR) is 70.4 cm³/mol. The molecule has 0 spiro atoms. The lowest BCUT2D eigenvalue weighted by atomic mass is 10.2. The van der Waals surface area contributed by atoms with Crippen LogP contribution in [0.3, 0.4) is 0 Å². The molecule has 1 atom stereocenters. The Morgan fingerprint density at radius 1 is 1.67 bits per heavy atom. The number of carbonyl (C=O) groups is 1. The van der Waals surface area contributed by atoms with Crippen molar-refractivity contribution < 1.29 is 14.3 Å². The van der Waals surface area contributed by atoms with E-state index in [0.29, 0.717) is 4.88 Å². The van der Waals surface area contributed by atoms with Gasteiger partial charge in [-0.2, -0.15) is 0 Å². The van der Waals surface area contributed by atoms with Crippen molar-refractivity contribution in [3.8, 4) is 0 Å². The molecule has 18 heavy (non-hydrogen) atoms. The zero-order chi connectivity index (χ0) is 13.1. The number of thiazole rings is 1. The minimum atomic E-state index is -0.318. The van der Waals surface area contributed by atoms with E-state index in [1.165, 1.54) is 18.4 Å². The molecule has 0 aromatic carbocycles. The summed E-state index contributed by atoms with van der Waals surface area (Å²) in [5, 5.41) is 0.836. The van der Waals surface area contributed by atoms with E-state index in [1.54, 1.807) is 0 Å². The second-order valence-electron chi connectivity index (χ2n) is 4.42. The van der Waals surface area contributed by atoms with Crippen LogP contribution in [0.2, 0.25) is 0 Å². The molecule has 2 rings (SSSR count). The van der Waals surface area contributed by atoms with Crippen molar-refractivity contribution in [1.82, 2.24) is 4.98 Å². The highest BCUT2D eigenvalue weighted by molar-refractivity contribution is 7.17. The normalized spacial score (nSPS) is 18.9. The fourth-order valence-electron chi connectivity index (χ4n) is 2.00. The predicted octanol–water partition coefficient (Wildman–Crippen LogP) is 1.85. The van der Waals surface area contributed by atoms with Crippen LogP contribution >= 0.6 is 11.3 Å². The van der Waals surface area contributed by atoms with Gasteiger partial charge >= 0.3 is 5.97 Å². The average Bonchev–Trinajstić information content (AvgIpc) is 2.97.